The zero-order valence-corrected chi connectivity index (χ0v) is 31.0. The zero-order valence-electron chi connectivity index (χ0n) is 30.1. The molecular weight excluding hydrogens is 643 g/mol. The standard InChI is InChI=1S/C36H57N6O6P/c1-25(22-42-23-39-29-28(37)12-21-38-30(29)42)46-24-49(45,40-33(2,3)31(43)47-26-8-17-35(18-9-26)13-6-14-35)41-34(4,5)32(44)48-27-10-19-36(20-11-27)15-7-16-36/h12,21,23,25-27H,6-11,13-20,22,24H2,1-5H3,(H2,37,38)(H2,40,41,45)/t25-/m1/s1. The highest BCUT2D eigenvalue weighted by atomic mass is 31.2. The maximum absolute atomic E-state index is 14.9. The number of pyridine rings is 1. The number of rotatable bonds is 13. The van der Waals surface area contributed by atoms with Crippen molar-refractivity contribution in [2.75, 3.05) is 12.1 Å². The molecule has 0 radical (unpaired) electrons. The number of hydrogen-bond donors (Lipinski definition) is 3. The molecule has 49 heavy (non-hydrogen) atoms. The van der Waals surface area contributed by atoms with Crippen LogP contribution in [0.4, 0.5) is 5.69 Å². The van der Waals surface area contributed by atoms with Gasteiger partial charge in [0.1, 0.15) is 35.2 Å². The second kappa shape index (κ2) is 13.9. The lowest BCUT2D eigenvalue weighted by Gasteiger charge is -2.47. The van der Waals surface area contributed by atoms with Gasteiger partial charge in [-0.1, -0.05) is 12.8 Å². The molecule has 2 heterocycles. The number of ether oxygens (including phenoxy) is 3. The number of fused-ring (bicyclic) bond motifs is 1. The Morgan fingerprint density at radius 3 is 1.84 bits per heavy atom. The first kappa shape index (κ1) is 36.3. The Kier molecular flexibility index (Phi) is 10.3. The Labute approximate surface area is 290 Å². The summed E-state index contributed by atoms with van der Waals surface area (Å²) in [5.74, 6) is -0.948. The van der Waals surface area contributed by atoms with Gasteiger partial charge in [-0.05, 0) is 129 Å². The molecule has 0 amide bonds. The molecule has 0 unspecified atom stereocenters. The topological polar surface area (TPSA) is 160 Å². The SMILES string of the molecule is C[C@H](Cn1cnc2c(N)ccnc21)OCP(=O)(NC(C)(C)C(=O)OC1CCC2(CCC2)CC1)NC(C)(C)C(=O)OC1CCC2(CCC2)CC1. The number of nitrogen functional groups attached to an aromatic ring is 1. The summed E-state index contributed by atoms with van der Waals surface area (Å²) in [6, 6.07) is 1.70. The highest BCUT2D eigenvalue weighted by molar-refractivity contribution is 7.59. The van der Waals surface area contributed by atoms with Gasteiger partial charge in [-0.3, -0.25) is 14.2 Å². The molecule has 2 spiro atoms. The number of carbonyl (C=O) groups excluding carboxylic acids is 2. The number of imidazole rings is 1. The Hall–Kier alpha value is -2.53. The van der Waals surface area contributed by atoms with Crippen LogP contribution in [0.2, 0.25) is 0 Å². The maximum Gasteiger partial charge on any atom is 0.326 e. The van der Waals surface area contributed by atoms with Gasteiger partial charge in [-0.15, -0.1) is 0 Å². The molecule has 4 saturated carbocycles. The first-order valence-electron chi connectivity index (χ1n) is 18.4. The van der Waals surface area contributed by atoms with Crippen molar-refractivity contribution < 1.29 is 28.4 Å². The van der Waals surface area contributed by atoms with E-state index >= 15 is 0 Å². The van der Waals surface area contributed by atoms with Crippen molar-refractivity contribution in [2.24, 2.45) is 10.8 Å². The third kappa shape index (κ3) is 8.18. The van der Waals surface area contributed by atoms with Gasteiger partial charge < -0.3 is 24.5 Å². The van der Waals surface area contributed by atoms with Crippen LogP contribution >= 0.6 is 7.44 Å². The van der Waals surface area contributed by atoms with E-state index in [-0.39, 0.29) is 18.6 Å². The predicted octanol–water partition coefficient (Wildman–Crippen LogP) is 6.62. The Bertz CT molecular complexity index is 1480. The first-order chi connectivity index (χ1) is 23.1. The maximum atomic E-state index is 14.9. The fourth-order valence-electron chi connectivity index (χ4n) is 8.36. The molecule has 0 bridgehead atoms. The quantitative estimate of drug-likeness (QED) is 0.152. The third-order valence-corrected chi connectivity index (χ3v) is 14.2. The third-order valence-electron chi connectivity index (χ3n) is 11.8. The fraction of sp³-hybridized carbons (Fsp3) is 0.778. The predicted molar refractivity (Wildman–Crippen MR) is 189 cm³/mol. The van der Waals surface area contributed by atoms with E-state index in [1.165, 1.54) is 38.5 Å². The van der Waals surface area contributed by atoms with Crippen LogP contribution < -0.4 is 15.9 Å². The molecule has 4 aliphatic rings. The van der Waals surface area contributed by atoms with Gasteiger partial charge in [0, 0.05) is 6.20 Å². The van der Waals surface area contributed by atoms with Crippen molar-refractivity contribution in [3.8, 4) is 0 Å². The number of nitrogens with one attached hydrogen (secondary N) is 2. The number of hydrogen-bond acceptors (Lipinski definition) is 9. The van der Waals surface area contributed by atoms with Crippen molar-refractivity contribution in [1.29, 1.82) is 0 Å². The fourth-order valence-corrected chi connectivity index (χ4v) is 11.0. The molecule has 1 atom stereocenters. The highest BCUT2D eigenvalue weighted by Gasteiger charge is 2.47. The molecule has 4 fully saturated rings. The molecule has 272 valence electrons. The summed E-state index contributed by atoms with van der Waals surface area (Å²) in [5, 5.41) is 6.16. The molecule has 4 aliphatic carbocycles. The van der Waals surface area contributed by atoms with Crippen LogP contribution in [0.15, 0.2) is 18.6 Å². The molecular formula is C36H57N6O6P. The van der Waals surface area contributed by atoms with Gasteiger partial charge in [0.15, 0.2) is 5.65 Å². The van der Waals surface area contributed by atoms with E-state index in [0.717, 1.165) is 51.4 Å². The largest absolute Gasteiger partial charge is 0.461 e. The van der Waals surface area contributed by atoms with Gasteiger partial charge in [0.25, 0.3) is 0 Å². The molecule has 4 N–H and O–H groups in total. The number of aromatic nitrogens is 3. The minimum absolute atomic E-state index is 0.156. The van der Waals surface area contributed by atoms with Crippen molar-refractivity contribution in [3.63, 3.8) is 0 Å². The Morgan fingerprint density at radius 2 is 1.39 bits per heavy atom. The van der Waals surface area contributed by atoms with E-state index in [1.807, 2.05) is 11.5 Å². The normalized spacial score (nSPS) is 24.1. The van der Waals surface area contributed by atoms with Crippen LogP contribution in [0.5, 0.6) is 0 Å². The number of anilines is 1. The average molecular weight is 701 g/mol. The smallest absolute Gasteiger partial charge is 0.326 e. The second-order valence-corrected chi connectivity index (χ2v) is 18.9. The number of esters is 2. The van der Waals surface area contributed by atoms with Crippen LogP contribution in [-0.4, -0.2) is 62.2 Å². The van der Waals surface area contributed by atoms with Crippen LogP contribution in [0, 0.1) is 10.8 Å². The van der Waals surface area contributed by atoms with Crippen LogP contribution in [0.3, 0.4) is 0 Å². The van der Waals surface area contributed by atoms with Crippen LogP contribution in [0.25, 0.3) is 11.2 Å². The monoisotopic (exact) mass is 700 g/mol. The zero-order chi connectivity index (χ0) is 35.1. The lowest BCUT2D eigenvalue weighted by Crippen LogP contribution is -2.55. The van der Waals surface area contributed by atoms with Crippen LogP contribution in [0.1, 0.15) is 125 Å². The van der Waals surface area contributed by atoms with E-state index < -0.39 is 36.6 Å². The summed E-state index contributed by atoms with van der Waals surface area (Å²) in [6.07, 6.45) is 17.7. The van der Waals surface area contributed by atoms with E-state index in [1.54, 1.807) is 46.3 Å². The first-order valence-corrected chi connectivity index (χ1v) is 20.3. The number of nitrogens with two attached hydrogens (primary N) is 1. The van der Waals surface area contributed by atoms with Gasteiger partial charge in [0.2, 0.25) is 7.44 Å². The van der Waals surface area contributed by atoms with Crippen LogP contribution in [-0.2, 0) is 34.9 Å². The average Bonchev–Trinajstić information content (AvgIpc) is 3.42. The summed E-state index contributed by atoms with van der Waals surface area (Å²) in [5.41, 5.74) is 6.07. The molecule has 0 aromatic carbocycles. The lowest BCUT2D eigenvalue weighted by molar-refractivity contribution is -0.159. The molecule has 2 aromatic rings. The molecule has 6 rings (SSSR count). The second-order valence-electron chi connectivity index (χ2n) is 16.7. The Morgan fingerprint density at radius 1 is 0.898 bits per heavy atom. The summed E-state index contributed by atoms with van der Waals surface area (Å²) in [7, 11) is -3.79. The minimum atomic E-state index is -3.79. The van der Waals surface area contributed by atoms with Gasteiger partial charge in [-0.25, -0.2) is 20.1 Å². The van der Waals surface area contributed by atoms with Crippen molar-refractivity contribution in [2.45, 2.75) is 160 Å². The number of nitrogens with zero attached hydrogens (tertiary/aromatic N) is 3. The Balaban J connectivity index is 1.12. The molecule has 13 heteroatoms. The lowest BCUT2D eigenvalue weighted by atomic mass is 9.60. The molecule has 0 aliphatic heterocycles. The van der Waals surface area contributed by atoms with Gasteiger partial charge >= 0.3 is 11.9 Å². The minimum Gasteiger partial charge on any atom is -0.461 e. The number of carbonyl (C=O) groups is 2. The van der Waals surface area contributed by atoms with E-state index in [9.17, 15) is 14.2 Å². The summed E-state index contributed by atoms with van der Waals surface area (Å²) in [6.45, 7) is 8.90. The summed E-state index contributed by atoms with van der Waals surface area (Å²) in [4.78, 5) is 36.0. The van der Waals surface area contributed by atoms with E-state index in [2.05, 4.69) is 20.1 Å². The highest BCUT2D eigenvalue weighted by Crippen LogP contribution is 2.53. The van der Waals surface area contributed by atoms with E-state index in [0.29, 0.717) is 34.2 Å². The van der Waals surface area contributed by atoms with Crippen molar-refractivity contribution in [3.05, 3.63) is 18.6 Å². The van der Waals surface area contributed by atoms with E-state index in [4.69, 9.17) is 19.9 Å². The molecule has 0 saturated heterocycles. The molecule has 12 nitrogen and oxygen atoms in total. The molecule has 2 aromatic heterocycles. The summed E-state index contributed by atoms with van der Waals surface area (Å²) < 4.78 is 34.9. The van der Waals surface area contributed by atoms with Crippen molar-refractivity contribution >= 4 is 36.2 Å². The van der Waals surface area contributed by atoms with Crippen molar-refractivity contribution in [1.82, 2.24) is 24.7 Å². The summed E-state index contributed by atoms with van der Waals surface area (Å²) >= 11 is 0. The van der Waals surface area contributed by atoms with Gasteiger partial charge in [-0.2, -0.15) is 0 Å². The van der Waals surface area contributed by atoms with Gasteiger partial charge in [0.05, 0.1) is 24.7 Å².